The Morgan fingerprint density at radius 2 is 1.64 bits per heavy atom. The number of rotatable bonds is 10. The highest BCUT2D eigenvalue weighted by molar-refractivity contribution is 6.05. The number of esters is 1. The number of hydrogen-bond donors (Lipinski definition) is 4. The van der Waals surface area contributed by atoms with Crippen LogP contribution in [0.25, 0.3) is 22.6 Å². The van der Waals surface area contributed by atoms with E-state index in [1.165, 1.54) is 13.8 Å². The third kappa shape index (κ3) is 4.44. The van der Waals surface area contributed by atoms with Crippen LogP contribution < -0.4 is 11.2 Å². The van der Waals surface area contributed by atoms with Crippen LogP contribution in [0.2, 0.25) is 0 Å². The maximum atomic E-state index is 13.0. The SMILES string of the molecule is CC(=O)OC(n1c2nc(=O)n(C=O)c(=O)c-2nc2c(C=O)c(C)c(C)c(C=O)c21)C(O)(C=O)C(O)C(O)CO. The summed E-state index contributed by atoms with van der Waals surface area (Å²) < 4.78 is 5.70. The highest BCUT2D eigenvalue weighted by Crippen LogP contribution is 2.38. The minimum absolute atomic E-state index is 0.0187. The molecule has 2 heterocycles. The average molecular weight is 546 g/mol. The van der Waals surface area contributed by atoms with Gasteiger partial charge in [-0.25, -0.2) is 9.78 Å². The van der Waals surface area contributed by atoms with Crippen molar-refractivity contribution in [3.05, 3.63) is 43.1 Å². The highest BCUT2D eigenvalue weighted by atomic mass is 16.6. The predicted molar refractivity (Wildman–Crippen MR) is 128 cm³/mol. The van der Waals surface area contributed by atoms with Gasteiger partial charge in [0.2, 0.25) is 18.2 Å². The Balaban J connectivity index is 2.80. The zero-order chi connectivity index (χ0) is 29.4. The van der Waals surface area contributed by atoms with Crippen LogP contribution in [0.5, 0.6) is 0 Å². The molecule has 1 aromatic carbocycles. The zero-order valence-electron chi connectivity index (χ0n) is 20.6. The Hall–Kier alpha value is -4.51. The summed E-state index contributed by atoms with van der Waals surface area (Å²) in [5, 5.41) is 41.3. The topological polar surface area (TPSA) is 245 Å². The van der Waals surface area contributed by atoms with Gasteiger partial charge in [-0.3, -0.25) is 33.3 Å². The third-order valence-corrected chi connectivity index (χ3v) is 6.30. The molecule has 0 bridgehead atoms. The van der Waals surface area contributed by atoms with E-state index in [-0.39, 0.29) is 45.8 Å². The normalized spacial score (nSPS) is 15.3. The van der Waals surface area contributed by atoms with Gasteiger partial charge in [0, 0.05) is 18.1 Å². The Bertz CT molecular complexity index is 1610. The molecule has 2 aliphatic rings. The molecule has 0 saturated heterocycles. The van der Waals surface area contributed by atoms with Crippen LogP contribution in [0, 0.1) is 13.8 Å². The number of fused-ring (bicyclic) bond motifs is 2. The lowest BCUT2D eigenvalue weighted by Gasteiger charge is -2.38. The van der Waals surface area contributed by atoms with Crippen molar-refractivity contribution in [2.45, 2.75) is 44.8 Å². The van der Waals surface area contributed by atoms with E-state index in [4.69, 9.17) is 4.74 Å². The molecule has 3 rings (SSSR count). The molecule has 16 nitrogen and oxygen atoms in total. The number of aliphatic hydroxyl groups is 4. The molecular formula is C23H22N4O12. The van der Waals surface area contributed by atoms with Gasteiger partial charge in [-0.05, 0) is 25.0 Å². The minimum atomic E-state index is -3.34. The van der Waals surface area contributed by atoms with Crippen molar-refractivity contribution in [2.24, 2.45) is 0 Å². The maximum absolute atomic E-state index is 13.0. The van der Waals surface area contributed by atoms with Gasteiger partial charge in [0.25, 0.3) is 5.56 Å². The van der Waals surface area contributed by atoms with Crippen LogP contribution >= 0.6 is 0 Å². The summed E-state index contributed by atoms with van der Waals surface area (Å²) in [6, 6.07) is 0. The molecular weight excluding hydrogens is 524 g/mol. The lowest BCUT2D eigenvalue weighted by molar-refractivity contribution is -0.208. The van der Waals surface area contributed by atoms with E-state index in [1.54, 1.807) is 0 Å². The molecule has 0 aromatic heterocycles. The fraction of sp³-hybridized carbons (Fsp3) is 0.348. The fourth-order valence-corrected chi connectivity index (χ4v) is 4.15. The van der Waals surface area contributed by atoms with Gasteiger partial charge in [0.1, 0.15) is 12.2 Å². The minimum Gasteiger partial charge on any atom is -0.438 e. The van der Waals surface area contributed by atoms with Gasteiger partial charge in [-0.1, -0.05) is 0 Å². The average Bonchev–Trinajstić information content (AvgIpc) is 2.91. The van der Waals surface area contributed by atoms with Crippen LogP contribution in [0.15, 0.2) is 9.59 Å². The second kappa shape index (κ2) is 10.7. The van der Waals surface area contributed by atoms with Crippen molar-refractivity contribution in [1.82, 2.24) is 19.1 Å². The molecule has 0 aliphatic carbocycles. The second-order valence-electron chi connectivity index (χ2n) is 8.50. The molecule has 0 amide bonds. The van der Waals surface area contributed by atoms with E-state index in [9.17, 15) is 54.0 Å². The maximum Gasteiger partial charge on any atom is 0.359 e. The van der Waals surface area contributed by atoms with Crippen molar-refractivity contribution in [2.75, 3.05) is 6.61 Å². The summed E-state index contributed by atoms with van der Waals surface area (Å²) in [6.07, 6.45) is -7.21. The summed E-state index contributed by atoms with van der Waals surface area (Å²) in [7, 11) is 0. The van der Waals surface area contributed by atoms with Crippen LogP contribution in [0.1, 0.15) is 45.0 Å². The molecule has 0 spiro atoms. The number of hydrogen-bond acceptors (Lipinski definition) is 14. The Morgan fingerprint density at radius 3 is 2.13 bits per heavy atom. The molecule has 1 aromatic rings. The summed E-state index contributed by atoms with van der Waals surface area (Å²) in [5.41, 5.74) is -8.02. The highest BCUT2D eigenvalue weighted by Gasteiger charge is 2.51. The molecule has 4 N–H and O–H groups in total. The van der Waals surface area contributed by atoms with Gasteiger partial charge < -0.3 is 25.2 Å². The number of nitrogens with zero attached hydrogens (tertiary/aromatic N) is 4. The molecule has 206 valence electrons. The lowest BCUT2D eigenvalue weighted by atomic mass is 9.90. The third-order valence-electron chi connectivity index (χ3n) is 6.30. The van der Waals surface area contributed by atoms with E-state index in [2.05, 4.69) is 9.97 Å². The largest absolute Gasteiger partial charge is 0.438 e. The number of aliphatic hydroxyl groups excluding tert-OH is 3. The molecule has 16 heteroatoms. The van der Waals surface area contributed by atoms with Crippen LogP contribution in [-0.2, 0) is 19.1 Å². The second-order valence-corrected chi connectivity index (χ2v) is 8.50. The van der Waals surface area contributed by atoms with Crippen molar-refractivity contribution in [1.29, 1.82) is 0 Å². The van der Waals surface area contributed by atoms with E-state index < -0.39 is 70.4 Å². The number of carbonyl (C=O) groups excluding carboxylic acids is 5. The van der Waals surface area contributed by atoms with Crippen molar-refractivity contribution in [3.8, 4) is 11.5 Å². The molecule has 0 radical (unpaired) electrons. The van der Waals surface area contributed by atoms with Gasteiger partial charge in [-0.2, -0.15) is 9.55 Å². The summed E-state index contributed by atoms with van der Waals surface area (Å²) in [5.74, 6) is -2.05. The Morgan fingerprint density at radius 1 is 1.05 bits per heavy atom. The molecule has 4 unspecified atom stereocenters. The first-order valence-corrected chi connectivity index (χ1v) is 11.0. The summed E-state index contributed by atoms with van der Waals surface area (Å²) in [4.78, 5) is 93.4. The number of aldehydes is 3. The van der Waals surface area contributed by atoms with Gasteiger partial charge in [0.05, 0.1) is 17.6 Å². The standard InChI is InChI=1S/C23H22N4O12/c1-9-10(2)13(5-29)17-15(12(9)4-28)24-16-19(25-22(37)26(8-32)20(16)36)27(17)21(39-11(3)33)23(38,7-31)18(35)14(34)6-30/h4-5,7-8,14,18,21,30,34-35,38H,6H2,1-3H3. The van der Waals surface area contributed by atoms with Crippen molar-refractivity contribution in [3.63, 3.8) is 0 Å². The van der Waals surface area contributed by atoms with Crippen LogP contribution in [0.3, 0.4) is 0 Å². The number of ether oxygens (including phenoxy) is 1. The molecule has 0 saturated carbocycles. The first-order chi connectivity index (χ1) is 18.3. The van der Waals surface area contributed by atoms with Crippen molar-refractivity contribution >= 4 is 42.3 Å². The zero-order valence-corrected chi connectivity index (χ0v) is 20.6. The number of carbonyl (C=O) groups is 5. The quantitative estimate of drug-likeness (QED) is 0.113. The van der Waals surface area contributed by atoms with Gasteiger partial charge in [-0.15, -0.1) is 0 Å². The first kappa shape index (κ1) is 29.1. The predicted octanol–water partition coefficient (Wildman–Crippen LogP) is -2.96. The summed E-state index contributed by atoms with van der Waals surface area (Å²) >= 11 is 0. The monoisotopic (exact) mass is 546 g/mol. The Kier molecular flexibility index (Phi) is 7.97. The molecule has 0 fully saturated rings. The number of aromatic nitrogens is 4. The van der Waals surface area contributed by atoms with E-state index >= 15 is 0 Å². The molecule has 2 aliphatic heterocycles. The van der Waals surface area contributed by atoms with E-state index in [1.807, 2.05) is 0 Å². The van der Waals surface area contributed by atoms with Crippen molar-refractivity contribution < 1.29 is 49.1 Å². The first-order valence-electron chi connectivity index (χ1n) is 11.0. The van der Waals surface area contributed by atoms with Crippen LogP contribution in [-0.4, -0.2) is 95.2 Å². The Labute approximate surface area is 217 Å². The lowest BCUT2D eigenvalue weighted by Crippen LogP contribution is -2.58. The summed E-state index contributed by atoms with van der Waals surface area (Å²) in [6.45, 7) is 2.48. The molecule has 39 heavy (non-hydrogen) atoms. The number of benzene rings is 1. The van der Waals surface area contributed by atoms with E-state index in [0.717, 1.165) is 6.92 Å². The van der Waals surface area contributed by atoms with E-state index in [0.29, 0.717) is 10.9 Å². The van der Waals surface area contributed by atoms with Crippen LogP contribution in [0.4, 0.5) is 0 Å². The fourth-order valence-electron chi connectivity index (χ4n) is 4.15. The van der Waals surface area contributed by atoms with Gasteiger partial charge in [0.15, 0.2) is 30.4 Å². The molecule has 4 atom stereocenters. The van der Waals surface area contributed by atoms with Gasteiger partial charge >= 0.3 is 11.7 Å². The smallest absolute Gasteiger partial charge is 0.359 e.